The molecule has 2 atom stereocenters. The number of sulfonamides is 1. The highest BCUT2D eigenvalue weighted by Crippen LogP contribution is 2.28. The highest BCUT2D eigenvalue weighted by molar-refractivity contribution is 7.89. The van der Waals surface area contributed by atoms with Crippen molar-refractivity contribution in [2.75, 3.05) is 18.8 Å². The second-order valence-corrected chi connectivity index (χ2v) is 4.80. The largest absolute Gasteiger partial charge is 0.214 e. The number of hydrogen-bond acceptors (Lipinski definition) is 2. The van der Waals surface area contributed by atoms with Gasteiger partial charge in [0.25, 0.3) is 0 Å². The van der Waals surface area contributed by atoms with Crippen molar-refractivity contribution < 1.29 is 8.42 Å². The summed E-state index contributed by atoms with van der Waals surface area (Å²) in [6, 6.07) is 0. The number of fused-ring (bicyclic) bond motifs is 2. The lowest BCUT2D eigenvalue weighted by atomic mass is 10.2. The van der Waals surface area contributed by atoms with E-state index in [2.05, 4.69) is 0 Å². The molecule has 4 heteroatoms. The van der Waals surface area contributed by atoms with Gasteiger partial charge in [-0.25, -0.2) is 12.7 Å². The van der Waals surface area contributed by atoms with Crippen LogP contribution in [0.5, 0.6) is 0 Å². The molecule has 0 aliphatic carbocycles. The Morgan fingerprint density at radius 3 is 2.44 bits per heavy atom. The topological polar surface area (TPSA) is 37.4 Å². The van der Waals surface area contributed by atoms with Crippen LogP contribution in [0.3, 0.4) is 0 Å². The molecular weight excluding hydrogens is 138 g/mol. The highest BCUT2D eigenvalue weighted by Gasteiger charge is 2.40. The van der Waals surface area contributed by atoms with Crippen molar-refractivity contribution in [3.8, 4) is 0 Å². The second-order valence-electron chi connectivity index (χ2n) is 2.79. The van der Waals surface area contributed by atoms with E-state index in [0.29, 0.717) is 11.7 Å². The van der Waals surface area contributed by atoms with Crippen LogP contribution in [-0.2, 0) is 10.0 Å². The maximum Gasteiger partial charge on any atom is 0.214 e. The zero-order valence-corrected chi connectivity index (χ0v) is 5.89. The summed E-state index contributed by atoms with van der Waals surface area (Å²) >= 11 is 0. The minimum atomic E-state index is -2.75. The fourth-order valence-electron chi connectivity index (χ4n) is 1.59. The van der Waals surface area contributed by atoms with Gasteiger partial charge in [0.05, 0.1) is 5.75 Å². The molecule has 1 unspecified atom stereocenters. The maximum atomic E-state index is 10.9. The Hall–Kier alpha value is -0.0900. The van der Waals surface area contributed by atoms with E-state index < -0.39 is 10.0 Å². The fourth-order valence-corrected chi connectivity index (χ4v) is 3.49. The average Bonchev–Trinajstić information content (AvgIpc) is 2.19. The van der Waals surface area contributed by atoms with Crippen molar-refractivity contribution in [1.29, 1.82) is 0 Å². The normalized spacial score (nSPS) is 45.8. The van der Waals surface area contributed by atoms with Crippen LogP contribution in [-0.4, -0.2) is 31.6 Å². The fraction of sp³-hybridized carbons (Fsp3) is 1.00. The summed E-state index contributed by atoms with van der Waals surface area (Å²) in [5.74, 6) is 0.863. The van der Waals surface area contributed by atoms with E-state index >= 15 is 0 Å². The summed E-state index contributed by atoms with van der Waals surface area (Å²) < 4.78 is 23.5. The van der Waals surface area contributed by atoms with Crippen molar-refractivity contribution in [1.82, 2.24) is 4.31 Å². The Morgan fingerprint density at radius 1 is 1.44 bits per heavy atom. The summed E-state index contributed by atoms with van der Waals surface area (Å²) in [7, 11) is -2.75. The Kier molecular flexibility index (Phi) is 0.941. The molecule has 2 saturated heterocycles. The van der Waals surface area contributed by atoms with Gasteiger partial charge in [0, 0.05) is 13.1 Å². The third-order valence-corrected chi connectivity index (χ3v) is 4.10. The predicted octanol–water partition coefficient (Wildman–Crippen LogP) is -0.348. The molecule has 2 bridgehead atoms. The molecule has 2 rings (SSSR count). The summed E-state index contributed by atoms with van der Waals surface area (Å²) in [5.41, 5.74) is 0. The van der Waals surface area contributed by atoms with Crippen LogP contribution in [0.15, 0.2) is 0 Å². The Labute approximate surface area is 54.7 Å². The molecule has 0 aromatic heterocycles. The van der Waals surface area contributed by atoms with Gasteiger partial charge in [0.15, 0.2) is 0 Å². The van der Waals surface area contributed by atoms with Crippen LogP contribution in [0.2, 0.25) is 0 Å². The molecular formula is C5H9NO2S. The molecule has 3 nitrogen and oxygen atoms in total. The summed E-state index contributed by atoms with van der Waals surface area (Å²) in [4.78, 5) is 0. The third-order valence-electron chi connectivity index (χ3n) is 2.09. The molecule has 2 heterocycles. The first-order valence-corrected chi connectivity index (χ1v) is 4.77. The molecule has 0 saturated carbocycles. The molecule has 0 aromatic carbocycles. The lowest BCUT2D eigenvalue weighted by Gasteiger charge is -2.11. The SMILES string of the molecule is O=S1(=O)C[C@@H]2CCN1C2. The maximum absolute atomic E-state index is 10.9. The van der Waals surface area contributed by atoms with Gasteiger partial charge in [-0.1, -0.05) is 0 Å². The van der Waals surface area contributed by atoms with Crippen LogP contribution in [0.1, 0.15) is 6.42 Å². The lowest BCUT2D eigenvalue weighted by Crippen LogP contribution is -2.26. The van der Waals surface area contributed by atoms with Gasteiger partial charge in [-0.3, -0.25) is 0 Å². The van der Waals surface area contributed by atoms with Crippen LogP contribution in [0, 0.1) is 5.92 Å². The minimum absolute atomic E-state index is 0.410. The number of rotatable bonds is 0. The third kappa shape index (κ3) is 0.697. The van der Waals surface area contributed by atoms with Crippen LogP contribution in [0.25, 0.3) is 0 Å². The Bertz CT molecular complexity index is 221. The van der Waals surface area contributed by atoms with Gasteiger partial charge in [-0.15, -0.1) is 0 Å². The molecule has 0 radical (unpaired) electrons. The molecule has 0 amide bonds. The molecule has 2 aliphatic rings. The zero-order chi connectivity index (χ0) is 6.48. The van der Waals surface area contributed by atoms with Gasteiger partial charge >= 0.3 is 0 Å². The summed E-state index contributed by atoms with van der Waals surface area (Å²) in [6.07, 6.45) is 1.08. The van der Waals surface area contributed by atoms with Crippen LogP contribution >= 0.6 is 0 Å². The Balaban J connectivity index is 2.39. The minimum Gasteiger partial charge on any atom is -0.212 e. The van der Waals surface area contributed by atoms with Crippen LogP contribution < -0.4 is 0 Å². The van der Waals surface area contributed by atoms with Crippen molar-refractivity contribution in [3.05, 3.63) is 0 Å². The monoisotopic (exact) mass is 147 g/mol. The van der Waals surface area contributed by atoms with Crippen molar-refractivity contribution in [3.63, 3.8) is 0 Å². The number of nitrogens with zero attached hydrogens (tertiary/aromatic N) is 1. The average molecular weight is 147 g/mol. The van der Waals surface area contributed by atoms with E-state index in [9.17, 15) is 8.42 Å². The molecule has 2 aliphatic heterocycles. The quantitative estimate of drug-likeness (QED) is 0.469. The molecule has 0 spiro atoms. The first kappa shape index (κ1) is 5.68. The zero-order valence-electron chi connectivity index (χ0n) is 5.08. The second kappa shape index (κ2) is 1.49. The molecule has 9 heavy (non-hydrogen) atoms. The van der Waals surface area contributed by atoms with Gasteiger partial charge < -0.3 is 0 Å². The van der Waals surface area contributed by atoms with E-state index in [1.165, 1.54) is 0 Å². The van der Waals surface area contributed by atoms with Crippen LogP contribution in [0.4, 0.5) is 0 Å². The summed E-state index contributed by atoms with van der Waals surface area (Å²) in [6.45, 7) is 1.56. The van der Waals surface area contributed by atoms with E-state index in [4.69, 9.17) is 0 Å². The van der Waals surface area contributed by atoms with Crippen molar-refractivity contribution in [2.24, 2.45) is 5.92 Å². The van der Waals surface area contributed by atoms with E-state index in [1.807, 2.05) is 0 Å². The lowest BCUT2D eigenvalue weighted by molar-refractivity contribution is 0.492. The van der Waals surface area contributed by atoms with Gasteiger partial charge in [-0.05, 0) is 12.3 Å². The summed E-state index contributed by atoms with van der Waals surface area (Å²) in [5, 5.41) is 0. The first-order chi connectivity index (χ1) is 4.18. The molecule has 2 fully saturated rings. The standard InChI is InChI=1S/C5H9NO2S/c7-9(8)4-5-1-2-6(9)3-5/h5H,1-4H2/t5-/m1/s1. The van der Waals surface area contributed by atoms with Crippen molar-refractivity contribution in [2.45, 2.75) is 6.42 Å². The smallest absolute Gasteiger partial charge is 0.212 e. The first-order valence-electron chi connectivity index (χ1n) is 3.16. The van der Waals surface area contributed by atoms with E-state index in [0.717, 1.165) is 19.5 Å². The molecule has 52 valence electrons. The highest BCUT2D eigenvalue weighted by atomic mass is 32.2. The van der Waals surface area contributed by atoms with Crippen molar-refractivity contribution >= 4 is 10.0 Å². The van der Waals surface area contributed by atoms with Gasteiger partial charge in [0.2, 0.25) is 10.0 Å². The molecule has 0 aromatic rings. The van der Waals surface area contributed by atoms with E-state index in [-0.39, 0.29) is 0 Å². The predicted molar refractivity (Wildman–Crippen MR) is 33.5 cm³/mol. The number of hydrogen-bond donors (Lipinski definition) is 0. The molecule has 0 N–H and O–H groups in total. The van der Waals surface area contributed by atoms with Gasteiger partial charge in [0.1, 0.15) is 0 Å². The van der Waals surface area contributed by atoms with Gasteiger partial charge in [-0.2, -0.15) is 0 Å². The Morgan fingerprint density at radius 2 is 2.22 bits per heavy atom. The van der Waals surface area contributed by atoms with E-state index in [1.54, 1.807) is 4.31 Å².